The van der Waals surface area contributed by atoms with Crippen LogP contribution in [-0.4, -0.2) is 21.8 Å². The highest BCUT2D eigenvalue weighted by molar-refractivity contribution is 7.99. The number of thioether (sulfide) groups is 1. The van der Waals surface area contributed by atoms with Crippen LogP contribution in [0, 0.1) is 12.7 Å². The third-order valence-electron chi connectivity index (χ3n) is 3.72. The van der Waals surface area contributed by atoms with Crippen LogP contribution in [0.25, 0.3) is 11.4 Å². The van der Waals surface area contributed by atoms with Crippen molar-refractivity contribution in [2.75, 3.05) is 5.75 Å². The fourth-order valence-electron chi connectivity index (χ4n) is 2.37. The third-order valence-corrected chi connectivity index (χ3v) is 5.04. The predicted octanol–water partition coefficient (Wildman–Crippen LogP) is 4.39. The van der Waals surface area contributed by atoms with Gasteiger partial charge >= 0.3 is 0 Å². The van der Waals surface area contributed by atoms with E-state index in [2.05, 4.69) is 15.5 Å². The van der Waals surface area contributed by atoms with E-state index in [1.807, 2.05) is 31.2 Å². The molecule has 0 aliphatic rings. The Kier molecular flexibility index (Phi) is 6.47. The molecule has 1 amide bonds. The molecule has 0 radical (unpaired) electrons. The maximum Gasteiger partial charge on any atom is 0.246 e. The van der Waals surface area contributed by atoms with Crippen LogP contribution >= 0.6 is 23.4 Å². The summed E-state index contributed by atoms with van der Waals surface area (Å²) in [6.07, 6.45) is 0. The SMILES string of the molecule is Cc1cccc(-c2noc(CNC(=O)CSCc3c(F)cccc3Cl)n2)c1. The number of hydrogen-bond donors (Lipinski definition) is 1. The van der Waals surface area contributed by atoms with Gasteiger partial charge in [0, 0.05) is 21.9 Å². The minimum absolute atomic E-state index is 0.138. The monoisotopic (exact) mass is 405 g/mol. The number of aryl methyl sites for hydroxylation is 1. The fourth-order valence-corrected chi connectivity index (χ4v) is 3.57. The van der Waals surface area contributed by atoms with Gasteiger partial charge in [-0.05, 0) is 25.1 Å². The van der Waals surface area contributed by atoms with Crippen LogP contribution in [-0.2, 0) is 17.1 Å². The van der Waals surface area contributed by atoms with Crippen molar-refractivity contribution in [3.8, 4) is 11.4 Å². The first-order valence-electron chi connectivity index (χ1n) is 8.20. The summed E-state index contributed by atoms with van der Waals surface area (Å²) in [7, 11) is 0. The molecule has 0 bridgehead atoms. The highest BCUT2D eigenvalue weighted by Gasteiger charge is 2.11. The quantitative estimate of drug-likeness (QED) is 0.631. The fraction of sp³-hybridized carbons (Fsp3) is 0.211. The highest BCUT2D eigenvalue weighted by Crippen LogP contribution is 2.23. The molecule has 8 heteroatoms. The van der Waals surface area contributed by atoms with Gasteiger partial charge in [-0.1, -0.05) is 46.6 Å². The molecule has 0 saturated carbocycles. The van der Waals surface area contributed by atoms with Crippen molar-refractivity contribution in [2.24, 2.45) is 0 Å². The van der Waals surface area contributed by atoms with E-state index >= 15 is 0 Å². The maximum atomic E-state index is 13.7. The first-order chi connectivity index (χ1) is 13.0. The van der Waals surface area contributed by atoms with Gasteiger partial charge in [-0.3, -0.25) is 4.79 Å². The Morgan fingerprint density at radius 1 is 1.30 bits per heavy atom. The highest BCUT2D eigenvalue weighted by atomic mass is 35.5. The molecule has 3 aromatic rings. The van der Waals surface area contributed by atoms with E-state index in [1.165, 1.54) is 17.8 Å². The standard InChI is InChI=1S/C19H17ClFN3O2S/c1-12-4-2-5-13(8-12)19-23-18(26-24-19)9-22-17(25)11-27-10-14-15(20)6-3-7-16(14)21/h2-8H,9-11H2,1H3,(H,22,25). The van der Waals surface area contributed by atoms with Crippen LogP contribution in [0.15, 0.2) is 47.0 Å². The second-order valence-electron chi connectivity index (χ2n) is 5.85. The lowest BCUT2D eigenvalue weighted by molar-refractivity contribution is -0.118. The number of nitrogens with zero attached hydrogens (tertiary/aromatic N) is 2. The minimum atomic E-state index is -0.370. The number of carbonyl (C=O) groups excluding carboxylic acids is 1. The average molecular weight is 406 g/mol. The second kappa shape index (κ2) is 9.01. The number of rotatable bonds is 7. The molecule has 2 aromatic carbocycles. The van der Waals surface area contributed by atoms with Crippen molar-refractivity contribution in [1.82, 2.24) is 15.5 Å². The Morgan fingerprint density at radius 3 is 2.89 bits per heavy atom. The summed E-state index contributed by atoms with van der Waals surface area (Å²) in [6.45, 7) is 2.12. The van der Waals surface area contributed by atoms with Crippen LogP contribution in [0.5, 0.6) is 0 Å². The second-order valence-corrected chi connectivity index (χ2v) is 7.24. The van der Waals surface area contributed by atoms with Crippen LogP contribution in [0.3, 0.4) is 0 Å². The van der Waals surface area contributed by atoms with Crippen LogP contribution in [0.1, 0.15) is 17.0 Å². The van der Waals surface area contributed by atoms with Gasteiger partial charge in [0.1, 0.15) is 5.82 Å². The van der Waals surface area contributed by atoms with Crippen molar-refractivity contribution in [1.29, 1.82) is 0 Å². The summed E-state index contributed by atoms with van der Waals surface area (Å²) in [5, 5.41) is 6.99. The van der Waals surface area contributed by atoms with Gasteiger partial charge in [0.05, 0.1) is 12.3 Å². The van der Waals surface area contributed by atoms with E-state index in [9.17, 15) is 9.18 Å². The summed E-state index contributed by atoms with van der Waals surface area (Å²) in [5.74, 6) is 0.710. The van der Waals surface area contributed by atoms with Gasteiger partial charge in [0.2, 0.25) is 17.6 Å². The Hall–Kier alpha value is -2.38. The molecule has 0 fully saturated rings. The van der Waals surface area contributed by atoms with Crippen LogP contribution < -0.4 is 5.32 Å². The van der Waals surface area contributed by atoms with Crippen molar-refractivity contribution in [3.63, 3.8) is 0 Å². The zero-order valence-electron chi connectivity index (χ0n) is 14.5. The van der Waals surface area contributed by atoms with Gasteiger partial charge in [-0.25, -0.2) is 4.39 Å². The average Bonchev–Trinajstić information content (AvgIpc) is 3.11. The van der Waals surface area contributed by atoms with E-state index in [4.69, 9.17) is 16.1 Å². The summed E-state index contributed by atoms with van der Waals surface area (Å²) in [5.41, 5.74) is 2.35. The van der Waals surface area contributed by atoms with Gasteiger partial charge in [-0.2, -0.15) is 4.98 Å². The van der Waals surface area contributed by atoms with Gasteiger partial charge in [0.15, 0.2) is 0 Å². The number of benzene rings is 2. The molecule has 1 aromatic heterocycles. The first kappa shape index (κ1) is 19.4. The van der Waals surface area contributed by atoms with E-state index in [0.717, 1.165) is 11.1 Å². The Morgan fingerprint density at radius 2 is 2.11 bits per heavy atom. The third kappa shape index (κ3) is 5.30. The maximum absolute atomic E-state index is 13.7. The first-order valence-corrected chi connectivity index (χ1v) is 9.73. The summed E-state index contributed by atoms with van der Waals surface area (Å²) in [4.78, 5) is 16.2. The Labute approximate surface area is 165 Å². The number of amides is 1. The molecule has 140 valence electrons. The topological polar surface area (TPSA) is 68.0 Å². The normalized spacial score (nSPS) is 10.8. The van der Waals surface area contributed by atoms with Crippen molar-refractivity contribution in [2.45, 2.75) is 19.2 Å². The zero-order valence-corrected chi connectivity index (χ0v) is 16.1. The lowest BCUT2D eigenvalue weighted by Crippen LogP contribution is -2.24. The molecule has 0 spiro atoms. The number of halogens is 2. The molecule has 0 saturated heterocycles. The summed E-state index contributed by atoms with van der Waals surface area (Å²) >= 11 is 7.25. The largest absolute Gasteiger partial charge is 0.346 e. The van der Waals surface area contributed by atoms with Crippen LogP contribution in [0.2, 0.25) is 5.02 Å². The number of aromatic nitrogens is 2. The number of hydrogen-bond acceptors (Lipinski definition) is 5. The molecular formula is C19H17ClFN3O2S. The smallest absolute Gasteiger partial charge is 0.246 e. The van der Waals surface area contributed by atoms with Gasteiger partial charge < -0.3 is 9.84 Å². The van der Waals surface area contributed by atoms with Crippen molar-refractivity contribution >= 4 is 29.3 Å². The van der Waals surface area contributed by atoms with Gasteiger partial charge in [0.25, 0.3) is 0 Å². The molecule has 3 rings (SSSR count). The summed E-state index contributed by atoms with van der Waals surface area (Å²) < 4.78 is 18.9. The molecule has 27 heavy (non-hydrogen) atoms. The van der Waals surface area contributed by atoms with E-state index in [0.29, 0.717) is 28.1 Å². The van der Waals surface area contributed by atoms with E-state index in [-0.39, 0.29) is 24.0 Å². The van der Waals surface area contributed by atoms with Crippen LogP contribution in [0.4, 0.5) is 4.39 Å². The molecule has 1 heterocycles. The van der Waals surface area contributed by atoms with Gasteiger partial charge in [-0.15, -0.1) is 11.8 Å². The molecule has 0 aliphatic heterocycles. The molecule has 0 unspecified atom stereocenters. The lowest BCUT2D eigenvalue weighted by Gasteiger charge is -2.06. The molecule has 5 nitrogen and oxygen atoms in total. The van der Waals surface area contributed by atoms with E-state index in [1.54, 1.807) is 12.1 Å². The molecule has 0 aliphatic carbocycles. The Bertz CT molecular complexity index is 928. The molecule has 0 atom stereocenters. The molecular weight excluding hydrogens is 389 g/mol. The predicted molar refractivity (Wildman–Crippen MR) is 104 cm³/mol. The van der Waals surface area contributed by atoms with Crippen molar-refractivity contribution in [3.05, 3.63) is 70.3 Å². The zero-order chi connectivity index (χ0) is 19.2. The summed E-state index contributed by atoms with van der Waals surface area (Å²) in [6, 6.07) is 12.3. The molecule has 1 N–H and O–H groups in total. The number of nitrogens with one attached hydrogen (secondary N) is 1. The lowest BCUT2D eigenvalue weighted by atomic mass is 10.1. The van der Waals surface area contributed by atoms with Crippen molar-refractivity contribution < 1.29 is 13.7 Å². The van der Waals surface area contributed by atoms with E-state index < -0.39 is 0 Å². The Balaban J connectivity index is 1.47. The number of carbonyl (C=O) groups is 1. The minimum Gasteiger partial charge on any atom is -0.346 e.